The van der Waals surface area contributed by atoms with Gasteiger partial charge in [0.1, 0.15) is 0 Å². The van der Waals surface area contributed by atoms with Gasteiger partial charge in [-0.25, -0.2) is 21.7 Å². The number of guanidine groups is 1. The van der Waals surface area contributed by atoms with Crippen molar-refractivity contribution in [2.75, 3.05) is 76.1 Å². The van der Waals surface area contributed by atoms with Crippen molar-refractivity contribution in [2.24, 2.45) is 20.1 Å². The number of rotatable bonds is 10. The molecule has 0 aromatic heterocycles. The molecular formula is C23H51N7O8S2. The van der Waals surface area contributed by atoms with E-state index >= 15 is 0 Å². The van der Waals surface area contributed by atoms with Crippen LogP contribution < -0.4 is 0 Å². The summed E-state index contributed by atoms with van der Waals surface area (Å²) in [6.45, 7) is 10.2. The van der Waals surface area contributed by atoms with Crippen LogP contribution in [0.2, 0.25) is 0 Å². The quantitative estimate of drug-likeness (QED) is 0.116. The Morgan fingerprint density at radius 2 is 1.60 bits per heavy atom. The lowest BCUT2D eigenvalue weighted by molar-refractivity contribution is -0.0273. The van der Waals surface area contributed by atoms with Crippen LogP contribution in [0.25, 0.3) is 0 Å². The lowest BCUT2D eigenvalue weighted by Gasteiger charge is -2.29. The molecule has 15 nitrogen and oxygen atoms in total. The van der Waals surface area contributed by atoms with Gasteiger partial charge >= 0.3 is 6.09 Å². The van der Waals surface area contributed by atoms with E-state index in [9.17, 15) is 17.4 Å². The predicted molar refractivity (Wildman–Crippen MR) is 164 cm³/mol. The number of amides is 1. The van der Waals surface area contributed by atoms with Crippen LogP contribution in [-0.2, 0) is 39.6 Å². The Labute approximate surface area is 244 Å². The lowest BCUT2D eigenvalue weighted by Crippen LogP contribution is -2.41. The predicted octanol–water partition coefficient (Wildman–Crippen LogP) is 1.93. The molecule has 0 fully saturated rings. The number of carbonyl (C=O) groups excluding carboxylic acids is 1. The van der Waals surface area contributed by atoms with Gasteiger partial charge in [-0.15, -0.1) is 0 Å². The van der Waals surface area contributed by atoms with Gasteiger partial charge < -0.3 is 24.1 Å². The van der Waals surface area contributed by atoms with Crippen molar-refractivity contribution >= 4 is 51.1 Å². The van der Waals surface area contributed by atoms with Gasteiger partial charge in [-0.05, 0) is 40.8 Å². The smallest absolute Gasteiger partial charge is 0.423 e. The fourth-order valence-corrected chi connectivity index (χ4v) is 2.27. The van der Waals surface area contributed by atoms with Crippen molar-refractivity contribution in [3.8, 4) is 0 Å². The summed E-state index contributed by atoms with van der Waals surface area (Å²) in [7, 11) is 10.0. The molecule has 0 saturated carbocycles. The molecule has 1 amide bonds. The molecule has 238 valence electrons. The average Bonchev–Trinajstić information content (AvgIpc) is 2.86. The molecule has 0 aliphatic rings. The Bertz CT molecular complexity index is 868. The molecule has 0 heterocycles. The lowest BCUT2D eigenvalue weighted by atomic mass is 10.3. The van der Waals surface area contributed by atoms with Gasteiger partial charge in [0, 0.05) is 61.7 Å². The average molecular weight is 618 g/mol. The van der Waals surface area contributed by atoms with Crippen molar-refractivity contribution in [1.29, 1.82) is 0 Å². The van der Waals surface area contributed by atoms with Crippen LogP contribution >= 0.6 is 0 Å². The normalized spacial score (nSPS) is 12.2. The van der Waals surface area contributed by atoms with Crippen LogP contribution in [0, 0.1) is 0 Å². The molecule has 0 aromatic rings. The fraction of sp³-hybridized carbons (Fsp3) is 0.783. The van der Waals surface area contributed by atoms with Crippen molar-refractivity contribution in [1.82, 2.24) is 14.1 Å². The molecule has 0 aromatic carbocycles. The molecular weight excluding hydrogens is 566 g/mol. The van der Waals surface area contributed by atoms with Gasteiger partial charge in [0.05, 0.1) is 26.0 Å². The Morgan fingerprint density at radius 3 is 1.90 bits per heavy atom. The molecule has 40 heavy (non-hydrogen) atoms. The molecule has 17 heteroatoms. The maximum atomic E-state index is 10.9. The van der Waals surface area contributed by atoms with Gasteiger partial charge in [-0.1, -0.05) is 5.16 Å². The molecule has 0 aliphatic carbocycles. The molecule has 0 saturated heterocycles. The summed E-state index contributed by atoms with van der Waals surface area (Å²) in [4.78, 5) is 31.3. The second-order valence-electron chi connectivity index (χ2n) is 8.02. The summed E-state index contributed by atoms with van der Waals surface area (Å²) in [5.41, 5.74) is 1.03. The van der Waals surface area contributed by atoms with E-state index in [0.29, 0.717) is 16.9 Å². The minimum Gasteiger partial charge on any atom is -0.446 e. The minimum absolute atomic E-state index is 0.0391. The zero-order valence-electron chi connectivity index (χ0n) is 26.5. The van der Waals surface area contributed by atoms with Crippen LogP contribution in [-0.4, -0.2) is 145 Å². The monoisotopic (exact) mass is 617 g/mol. The highest BCUT2D eigenvalue weighted by atomic mass is 32.2. The van der Waals surface area contributed by atoms with Crippen LogP contribution in [0.4, 0.5) is 4.79 Å². The number of aliphatic imine (C=N–C) groups is 3. The van der Waals surface area contributed by atoms with E-state index in [1.54, 1.807) is 33.3 Å². The van der Waals surface area contributed by atoms with Crippen LogP contribution in [0.3, 0.4) is 0 Å². The van der Waals surface area contributed by atoms with Gasteiger partial charge in [-0.2, -0.15) is 0 Å². The van der Waals surface area contributed by atoms with E-state index in [2.05, 4.69) is 57.4 Å². The second-order valence-corrected chi connectivity index (χ2v) is 11.1. The second kappa shape index (κ2) is 27.9. The molecule has 1 unspecified atom stereocenters. The standard InChI is InChI=1S/C8H19N3.C6H13NO4S.C5H10N2.C4H9NO4S/c1-7(2)11(6)8(9-3)10(4)5;1-5(2)11-6(8)7(3)12(4,9)10;1-3-7-5-4-6-2;1-7-4-9-5-3-10(6)8-2/h7H,1-6H3;5H,1-4H3;3-4H,5H2,1-2H3;3H,4H2,1-2H3/b;;;5-3+. The number of ether oxygens (including phenoxy) is 2. The van der Waals surface area contributed by atoms with Gasteiger partial charge in [0.15, 0.2) is 11.5 Å². The zero-order valence-corrected chi connectivity index (χ0v) is 28.1. The number of methoxy groups -OCH3 is 1. The van der Waals surface area contributed by atoms with Crippen molar-refractivity contribution in [3.05, 3.63) is 0 Å². The van der Waals surface area contributed by atoms with E-state index < -0.39 is 27.2 Å². The number of carbonyl (C=O) groups is 1. The summed E-state index contributed by atoms with van der Waals surface area (Å²) in [5, 5.41) is 3.26. The van der Waals surface area contributed by atoms with E-state index in [-0.39, 0.29) is 12.9 Å². The summed E-state index contributed by atoms with van der Waals surface area (Å²) >= 11 is -1.50. The third-order valence-electron chi connectivity index (χ3n) is 3.87. The molecule has 0 N–H and O–H groups in total. The summed E-state index contributed by atoms with van der Waals surface area (Å²) < 4.78 is 46.0. The minimum atomic E-state index is -3.49. The van der Waals surface area contributed by atoms with Crippen LogP contribution in [0.15, 0.2) is 20.1 Å². The van der Waals surface area contributed by atoms with Gasteiger partial charge in [0.25, 0.3) is 0 Å². The molecule has 0 radical (unpaired) electrons. The van der Waals surface area contributed by atoms with E-state index in [4.69, 9.17) is 0 Å². The van der Waals surface area contributed by atoms with Crippen LogP contribution in [0.1, 0.15) is 34.6 Å². The molecule has 1 atom stereocenters. The molecule has 0 spiro atoms. The van der Waals surface area contributed by atoms with Gasteiger partial charge in [0.2, 0.25) is 27.9 Å². The molecule has 0 rings (SSSR count). The first kappa shape index (κ1) is 44.4. The highest BCUT2D eigenvalue weighted by Crippen LogP contribution is 2.00. The SMILES string of the molecule is CC(C)OC(=O)N(C)S(C)(=O)=O.CC=NCC=NC.CN=C(N(C)C)N(C)C(C)C.COCO/N=C/S(=O)OC. The van der Waals surface area contributed by atoms with Crippen molar-refractivity contribution in [3.63, 3.8) is 0 Å². The Hall–Kier alpha value is -2.63. The fourth-order valence-electron chi connectivity index (χ4n) is 1.74. The highest BCUT2D eigenvalue weighted by molar-refractivity contribution is 7.94. The maximum absolute atomic E-state index is 10.9. The first-order chi connectivity index (χ1) is 18.5. The Balaban J connectivity index is -0.000000220. The number of hydrogen-bond acceptors (Lipinski definition) is 12. The number of nitrogens with zero attached hydrogens (tertiary/aromatic N) is 7. The number of sulfonamides is 1. The zero-order chi connectivity index (χ0) is 32.3. The van der Waals surface area contributed by atoms with Crippen molar-refractivity contribution < 1.29 is 35.9 Å². The Morgan fingerprint density at radius 1 is 1.05 bits per heavy atom. The van der Waals surface area contributed by atoms with E-state index in [0.717, 1.165) is 24.8 Å². The Kier molecular flexibility index (Phi) is 31.0. The summed E-state index contributed by atoms with van der Waals surface area (Å²) in [5.74, 6) is 1.01. The first-order valence-corrected chi connectivity index (χ1v) is 14.9. The van der Waals surface area contributed by atoms with E-state index in [1.807, 2.05) is 40.0 Å². The maximum Gasteiger partial charge on any atom is 0.423 e. The van der Waals surface area contributed by atoms with Crippen LogP contribution in [0.5, 0.6) is 0 Å². The third kappa shape index (κ3) is 29.9. The number of hydrogen-bond donors (Lipinski definition) is 0. The largest absolute Gasteiger partial charge is 0.446 e. The molecule has 0 bridgehead atoms. The molecule has 0 aliphatic heterocycles. The summed E-state index contributed by atoms with van der Waals surface area (Å²) in [6.07, 6.45) is 3.30. The first-order valence-electron chi connectivity index (χ1n) is 11.9. The van der Waals surface area contributed by atoms with Crippen molar-refractivity contribution in [2.45, 2.75) is 46.8 Å². The summed E-state index contributed by atoms with van der Waals surface area (Å²) in [6, 6.07) is 0.496. The number of oxime groups is 1. The van der Waals surface area contributed by atoms with Gasteiger partial charge in [-0.3, -0.25) is 19.2 Å². The van der Waals surface area contributed by atoms with E-state index in [1.165, 1.54) is 14.2 Å². The highest BCUT2D eigenvalue weighted by Gasteiger charge is 2.20. The third-order valence-corrected chi connectivity index (χ3v) is 5.60. The topological polar surface area (TPSA) is 164 Å².